The van der Waals surface area contributed by atoms with E-state index in [1.165, 1.54) is 10.9 Å². The van der Waals surface area contributed by atoms with Crippen LogP contribution in [0.15, 0.2) is 28.7 Å². The highest BCUT2D eigenvalue weighted by molar-refractivity contribution is 5.82. The van der Waals surface area contributed by atoms with Gasteiger partial charge in [0.1, 0.15) is 11.3 Å². The van der Waals surface area contributed by atoms with Gasteiger partial charge in [-0.3, -0.25) is 0 Å². The Morgan fingerprint density at radius 1 is 1.29 bits per heavy atom. The maximum absolute atomic E-state index is 5.90. The Morgan fingerprint density at radius 2 is 2.06 bits per heavy atom. The molecular weight excluding hydrogens is 212 g/mol. The number of nitrogens with zero attached hydrogens (tertiary/aromatic N) is 1. The zero-order valence-electron chi connectivity index (χ0n) is 10.8. The molecule has 1 aromatic carbocycles. The minimum atomic E-state index is 0.779. The number of benzene rings is 1. The van der Waals surface area contributed by atoms with Crippen LogP contribution in [0.3, 0.4) is 0 Å². The summed E-state index contributed by atoms with van der Waals surface area (Å²) in [5, 5.41) is 4.40. The minimum Gasteiger partial charge on any atom is -0.459 e. The van der Waals surface area contributed by atoms with Crippen molar-refractivity contribution in [1.29, 1.82) is 0 Å². The standard InChI is InChI=1S/C14H20N2O/c1-4-16(3)10-12-11-7-5-6-8-13(11)17-14(12)9-15-2/h5-8,15H,4,9-10H2,1-3H3. The average molecular weight is 232 g/mol. The van der Waals surface area contributed by atoms with Crippen LogP contribution in [0.1, 0.15) is 18.2 Å². The third kappa shape index (κ3) is 2.51. The molecule has 0 atom stereocenters. The van der Waals surface area contributed by atoms with Crippen molar-refractivity contribution in [1.82, 2.24) is 10.2 Å². The summed E-state index contributed by atoms with van der Waals surface area (Å²) >= 11 is 0. The first-order valence-electron chi connectivity index (χ1n) is 6.08. The Kier molecular flexibility index (Phi) is 3.82. The van der Waals surface area contributed by atoms with Crippen LogP contribution in [0, 0.1) is 0 Å². The van der Waals surface area contributed by atoms with E-state index < -0.39 is 0 Å². The SMILES string of the molecule is CCN(C)Cc1c(CNC)oc2ccccc12. The molecule has 0 radical (unpaired) electrons. The van der Waals surface area contributed by atoms with Gasteiger partial charge < -0.3 is 14.6 Å². The lowest BCUT2D eigenvalue weighted by molar-refractivity contribution is 0.342. The first kappa shape index (κ1) is 12.1. The quantitative estimate of drug-likeness (QED) is 0.859. The minimum absolute atomic E-state index is 0.779. The van der Waals surface area contributed by atoms with Gasteiger partial charge >= 0.3 is 0 Å². The summed E-state index contributed by atoms with van der Waals surface area (Å²) in [6.45, 7) is 4.92. The molecule has 0 fully saturated rings. The number of furan rings is 1. The highest BCUT2D eigenvalue weighted by Gasteiger charge is 2.14. The molecule has 0 aliphatic carbocycles. The van der Waals surface area contributed by atoms with Gasteiger partial charge in [-0.05, 0) is 26.7 Å². The molecule has 17 heavy (non-hydrogen) atoms. The Labute approximate surface area is 102 Å². The molecule has 3 heteroatoms. The van der Waals surface area contributed by atoms with Crippen molar-refractivity contribution < 1.29 is 4.42 Å². The second kappa shape index (κ2) is 5.34. The number of rotatable bonds is 5. The zero-order chi connectivity index (χ0) is 12.3. The number of nitrogens with one attached hydrogen (secondary N) is 1. The lowest BCUT2D eigenvalue weighted by Gasteiger charge is -2.13. The van der Waals surface area contributed by atoms with Crippen molar-refractivity contribution in [3.63, 3.8) is 0 Å². The Hall–Kier alpha value is -1.32. The summed E-state index contributed by atoms with van der Waals surface area (Å²) in [5.74, 6) is 1.05. The largest absolute Gasteiger partial charge is 0.459 e. The van der Waals surface area contributed by atoms with Crippen molar-refractivity contribution in [2.45, 2.75) is 20.0 Å². The Bertz CT molecular complexity index is 490. The predicted molar refractivity (Wildman–Crippen MR) is 71.0 cm³/mol. The molecule has 2 aromatic rings. The summed E-state index contributed by atoms with van der Waals surface area (Å²) in [6, 6.07) is 8.25. The molecule has 92 valence electrons. The summed E-state index contributed by atoms with van der Waals surface area (Å²) in [7, 11) is 4.07. The van der Waals surface area contributed by atoms with Crippen molar-refractivity contribution in [2.24, 2.45) is 0 Å². The van der Waals surface area contributed by atoms with Crippen LogP contribution in [0.2, 0.25) is 0 Å². The predicted octanol–water partition coefficient (Wildman–Crippen LogP) is 2.60. The molecule has 0 spiro atoms. The molecule has 0 unspecified atom stereocenters. The van der Waals surface area contributed by atoms with E-state index in [9.17, 15) is 0 Å². The van der Waals surface area contributed by atoms with Crippen molar-refractivity contribution in [2.75, 3.05) is 20.6 Å². The number of hydrogen-bond donors (Lipinski definition) is 1. The summed E-state index contributed by atoms with van der Waals surface area (Å²) < 4.78 is 5.90. The van der Waals surface area contributed by atoms with Gasteiger partial charge in [-0.1, -0.05) is 25.1 Å². The molecule has 3 nitrogen and oxygen atoms in total. The number of para-hydroxylation sites is 1. The van der Waals surface area contributed by atoms with Crippen LogP contribution >= 0.6 is 0 Å². The van der Waals surface area contributed by atoms with E-state index in [1.807, 2.05) is 19.2 Å². The molecule has 0 saturated carbocycles. The van der Waals surface area contributed by atoms with Crippen LogP contribution in [-0.4, -0.2) is 25.5 Å². The fourth-order valence-corrected chi connectivity index (χ4v) is 2.01. The van der Waals surface area contributed by atoms with Crippen LogP contribution < -0.4 is 5.32 Å². The second-order valence-corrected chi connectivity index (χ2v) is 4.36. The molecule has 2 rings (SSSR count). The van der Waals surface area contributed by atoms with Crippen LogP contribution in [0.5, 0.6) is 0 Å². The van der Waals surface area contributed by atoms with Gasteiger partial charge in [0.05, 0.1) is 6.54 Å². The monoisotopic (exact) mass is 232 g/mol. The van der Waals surface area contributed by atoms with Gasteiger partial charge in [0.25, 0.3) is 0 Å². The van der Waals surface area contributed by atoms with Gasteiger partial charge in [0.2, 0.25) is 0 Å². The number of fused-ring (bicyclic) bond motifs is 1. The lowest BCUT2D eigenvalue weighted by Crippen LogP contribution is -2.18. The average Bonchev–Trinajstić information content (AvgIpc) is 2.68. The van der Waals surface area contributed by atoms with E-state index >= 15 is 0 Å². The lowest BCUT2D eigenvalue weighted by atomic mass is 10.1. The maximum atomic E-state index is 5.90. The number of hydrogen-bond acceptors (Lipinski definition) is 3. The van der Waals surface area contributed by atoms with E-state index in [0.29, 0.717) is 0 Å². The van der Waals surface area contributed by atoms with Gasteiger partial charge in [-0.15, -0.1) is 0 Å². The molecule has 0 bridgehead atoms. The first-order chi connectivity index (χ1) is 8.26. The molecule has 1 heterocycles. The Balaban J connectivity index is 2.44. The molecule has 1 aromatic heterocycles. The fraction of sp³-hybridized carbons (Fsp3) is 0.429. The van der Waals surface area contributed by atoms with E-state index in [4.69, 9.17) is 4.42 Å². The summed E-state index contributed by atoms with van der Waals surface area (Å²) in [6.07, 6.45) is 0. The fourth-order valence-electron chi connectivity index (χ4n) is 2.01. The topological polar surface area (TPSA) is 28.4 Å². The van der Waals surface area contributed by atoms with Crippen LogP contribution in [0.4, 0.5) is 0 Å². The summed E-state index contributed by atoms with van der Waals surface area (Å²) in [4.78, 5) is 2.29. The molecule has 1 N–H and O–H groups in total. The third-order valence-corrected chi connectivity index (χ3v) is 3.09. The molecule has 0 saturated heterocycles. The van der Waals surface area contributed by atoms with Crippen molar-refractivity contribution >= 4 is 11.0 Å². The maximum Gasteiger partial charge on any atom is 0.134 e. The van der Waals surface area contributed by atoms with Gasteiger partial charge in [-0.2, -0.15) is 0 Å². The third-order valence-electron chi connectivity index (χ3n) is 3.09. The van der Waals surface area contributed by atoms with Gasteiger partial charge in [0, 0.05) is 17.5 Å². The second-order valence-electron chi connectivity index (χ2n) is 4.36. The zero-order valence-corrected chi connectivity index (χ0v) is 10.8. The molecule has 0 amide bonds. The van der Waals surface area contributed by atoms with Crippen LogP contribution in [0.25, 0.3) is 11.0 Å². The normalized spacial score (nSPS) is 11.5. The molecular formula is C14H20N2O. The van der Waals surface area contributed by atoms with Gasteiger partial charge in [-0.25, -0.2) is 0 Å². The highest BCUT2D eigenvalue weighted by Crippen LogP contribution is 2.26. The molecule has 0 aliphatic heterocycles. The van der Waals surface area contributed by atoms with Crippen molar-refractivity contribution in [3.8, 4) is 0 Å². The first-order valence-corrected chi connectivity index (χ1v) is 6.08. The molecule has 0 aliphatic rings. The van der Waals surface area contributed by atoms with E-state index in [-0.39, 0.29) is 0 Å². The Morgan fingerprint density at radius 3 is 2.76 bits per heavy atom. The van der Waals surface area contributed by atoms with Gasteiger partial charge in [0.15, 0.2) is 0 Å². The van der Waals surface area contributed by atoms with E-state index in [1.54, 1.807) is 0 Å². The van der Waals surface area contributed by atoms with E-state index in [0.717, 1.165) is 31.0 Å². The van der Waals surface area contributed by atoms with Crippen molar-refractivity contribution in [3.05, 3.63) is 35.6 Å². The smallest absolute Gasteiger partial charge is 0.134 e. The van der Waals surface area contributed by atoms with E-state index in [2.05, 4.69) is 36.3 Å². The van der Waals surface area contributed by atoms with Crippen LogP contribution in [-0.2, 0) is 13.1 Å². The summed E-state index contributed by atoms with van der Waals surface area (Å²) in [5.41, 5.74) is 2.29. The highest BCUT2D eigenvalue weighted by atomic mass is 16.3.